The second-order valence-corrected chi connectivity index (χ2v) is 4.60. The van der Waals surface area contributed by atoms with E-state index in [1.807, 2.05) is 12.1 Å². The molecule has 92 valence electrons. The number of para-hydroxylation sites is 1. The Labute approximate surface area is 101 Å². The van der Waals surface area contributed by atoms with Gasteiger partial charge in [-0.1, -0.05) is 12.1 Å². The van der Waals surface area contributed by atoms with Crippen molar-refractivity contribution in [3.63, 3.8) is 0 Å². The molecule has 1 aliphatic rings. The first-order valence-corrected chi connectivity index (χ1v) is 5.87. The van der Waals surface area contributed by atoms with Crippen LogP contribution in [0.5, 0.6) is 0 Å². The Kier molecular flexibility index (Phi) is 3.33. The molecule has 4 nitrogen and oxygen atoms in total. The zero-order chi connectivity index (χ0) is 12.4. The predicted octanol–water partition coefficient (Wildman–Crippen LogP) is 1.53. The van der Waals surface area contributed by atoms with Crippen LogP contribution in [0.3, 0.4) is 0 Å². The molecule has 1 unspecified atom stereocenters. The summed E-state index contributed by atoms with van der Waals surface area (Å²) in [5, 5.41) is 9.18. The average molecular weight is 234 g/mol. The SMILES string of the molecule is CC1CN(c2ccccc2C(=O)O)CCN1C. The summed E-state index contributed by atoms with van der Waals surface area (Å²) in [6.07, 6.45) is 0. The third kappa shape index (κ3) is 2.42. The largest absolute Gasteiger partial charge is 0.478 e. The Morgan fingerprint density at radius 1 is 1.35 bits per heavy atom. The second-order valence-electron chi connectivity index (χ2n) is 4.60. The molecule has 0 radical (unpaired) electrons. The number of carboxylic acids is 1. The van der Waals surface area contributed by atoms with Crippen LogP contribution in [0, 0.1) is 0 Å². The average Bonchev–Trinajstić information content (AvgIpc) is 2.32. The van der Waals surface area contributed by atoms with Crippen LogP contribution >= 0.6 is 0 Å². The minimum atomic E-state index is -0.854. The zero-order valence-corrected chi connectivity index (χ0v) is 10.3. The van der Waals surface area contributed by atoms with E-state index >= 15 is 0 Å². The number of carboxylic acid groups (broad SMARTS) is 1. The summed E-state index contributed by atoms with van der Waals surface area (Å²) in [5.74, 6) is -0.854. The number of aromatic carboxylic acids is 1. The van der Waals surface area contributed by atoms with Crippen molar-refractivity contribution >= 4 is 11.7 Å². The fourth-order valence-electron chi connectivity index (χ4n) is 2.20. The molecule has 1 N–H and O–H groups in total. The van der Waals surface area contributed by atoms with Crippen LogP contribution in [0.2, 0.25) is 0 Å². The Balaban J connectivity index is 2.25. The van der Waals surface area contributed by atoms with Gasteiger partial charge in [-0.15, -0.1) is 0 Å². The fraction of sp³-hybridized carbons (Fsp3) is 0.462. The summed E-state index contributed by atoms with van der Waals surface area (Å²) in [4.78, 5) is 15.6. The van der Waals surface area contributed by atoms with Gasteiger partial charge in [-0.05, 0) is 26.1 Å². The minimum Gasteiger partial charge on any atom is -0.478 e. The predicted molar refractivity (Wildman–Crippen MR) is 67.7 cm³/mol. The van der Waals surface area contributed by atoms with Crippen LogP contribution in [0.1, 0.15) is 17.3 Å². The summed E-state index contributed by atoms with van der Waals surface area (Å²) in [7, 11) is 2.10. The van der Waals surface area contributed by atoms with Crippen molar-refractivity contribution in [2.75, 3.05) is 31.6 Å². The minimum absolute atomic E-state index is 0.393. The van der Waals surface area contributed by atoms with E-state index in [0.717, 1.165) is 25.3 Å². The molecule has 0 spiro atoms. The number of nitrogens with zero attached hydrogens (tertiary/aromatic N) is 2. The van der Waals surface area contributed by atoms with Crippen molar-refractivity contribution < 1.29 is 9.90 Å². The Bertz CT molecular complexity index is 420. The highest BCUT2D eigenvalue weighted by molar-refractivity contribution is 5.94. The van der Waals surface area contributed by atoms with Gasteiger partial charge < -0.3 is 14.9 Å². The number of benzene rings is 1. The molecule has 0 aromatic heterocycles. The van der Waals surface area contributed by atoms with Gasteiger partial charge in [0.25, 0.3) is 0 Å². The van der Waals surface area contributed by atoms with Gasteiger partial charge in [0.2, 0.25) is 0 Å². The van der Waals surface area contributed by atoms with Crippen molar-refractivity contribution in [1.29, 1.82) is 0 Å². The van der Waals surface area contributed by atoms with Crippen LogP contribution in [-0.4, -0.2) is 48.7 Å². The first kappa shape index (κ1) is 11.9. The third-order valence-corrected chi connectivity index (χ3v) is 3.43. The lowest BCUT2D eigenvalue weighted by molar-refractivity contribution is 0.0697. The van der Waals surface area contributed by atoms with Gasteiger partial charge in [0, 0.05) is 25.7 Å². The lowest BCUT2D eigenvalue weighted by Crippen LogP contribution is -2.50. The molecule has 2 rings (SSSR count). The van der Waals surface area contributed by atoms with E-state index in [1.54, 1.807) is 12.1 Å². The molecule has 0 saturated carbocycles. The Hall–Kier alpha value is -1.55. The van der Waals surface area contributed by atoms with Gasteiger partial charge in [0.1, 0.15) is 0 Å². The van der Waals surface area contributed by atoms with E-state index in [9.17, 15) is 9.90 Å². The first-order chi connectivity index (χ1) is 8.09. The summed E-state index contributed by atoms with van der Waals surface area (Å²) in [6.45, 7) is 4.89. The van der Waals surface area contributed by atoms with E-state index in [4.69, 9.17) is 0 Å². The molecule has 0 amide bonds. The maximum Gasteiger partial charge on any atom is 0.337 e. The van der Waals surface area contributed by atoms with Crippen molar-refractivity contribution in [1.82, 2.24) is 4.90 Å². The lowest BCUT2D eigenvalue weighted by Gasteiger charge is -2.39. The topological polar surface area (TPSA) is 43.8 Å². The van der Waals surface area contributed by atoms with Crippen LogP contribution in [0.25, 0.3) is 0 Å². The van der Waals surface area contributed by atoms with Gasteiger partial charge in [0.15, 0.2) is 0 Å². The summed E-state index contributed by atoms with van der Waals surface area (Å²) < 4.78 is 0. The van der Waals surface area contributed by atoms with Gasteiger partial charge in [-0.2, -0.15) is 0 Å². The number of anilines is 1. The van der Waals surface area contributed by atoms with Crippen LogP contribution < -0.4 is 4.90 Å². The molecule has 1 fully saturated rings. The molecule has 0 bridgehead atoms. The highest BCUT2D eigenvalue weighted by Gasteiger charge is 2.23. The number of rotatable bonds is 2. The molecule has 1 aromatic carbocycles. The number of hydrogen-bond acceptors (Lipinski definition) is 3. The lowest BCUT2D eigenvalue weighted by atomic mass is 10.1. The van der Waals surface area contributed by atoms with Crippen molar-refractivity contribution in [2.24, 2.45) is 0 Å². The van der Waals surface area contributed by atoms with Crippen molar-refractivity contribution in [2.45, 2.75) is 13.0 Å². The molecule has 17 heavy (non-hydrogen) atoms. The first-order valence-electron chi connectivity index (χ1n) is 5.87. The van der Waals surface area contributed by atoms with E-state index in [0.29, 0.717) is 11.6 Å². The second kappa shape index (κ2) is 4.75. The molecule has 4 heteroatoms. The van der Waals surface area contributed by atoms with E-state index in [2.05, 4.69) is 23.8 Å². The fourth-order valence-corrected chi connectivity index (χ4v) is 2.20. The number of likely N-dealkylation sites (N-methyl/N-ethyl adjacent to an activating group) is 1. The monoisotopic (exact) mass is 234 g/mol. The van der Waals surface area contributed by atoms with Crippen LogP contribution in [0.15, 0.2) is 24.3 Å². The van der Waals surface area contributed by atoms with Crippen LogP contribution in [-0.2, 0) is 0 Å². The summed E-state index contributed by atoms with van der Waals surface area (Å²) in [6, 6.07) is 7.67. The Morgan fingerprint density at radius 2 is 2.06 bits per heavy atom. The highest BCUT2D eigenvalue weighted by Crippen LogP contribution is 2.23. The van der Waals surface area contributed by atoms with Crippen molar-refractivity contribution in [3.8, 4) is 0 Å². The molecular formula is C13H18N2O2. The smallest absolute Gasteiger partial charge is 0.337 e. The zero-order valence-electron chi connectivity index (χ0n) is 10.3. The van der Waals surface area contributed by atoms with Gasteiger partial charge >= 0.3 is 5.97 Å². The molecular weight excluding hydrogens is 216 g/mol. The molecule has 1 atom stereocenters. The third-order valence-electron chi connectivity index (χ3n) is 3.43. The maximum atomic E-state index is 11.2. The van der Waals surface area contributed by atoms with Gasteiger partial charge in [-0.3, -0.25) is 0 Å². The number of hydrogen-bond donors (Lipinski definition) is 1. The standard InChI is InChI=1S/C13H18N2O2/c1-10-9-15(8-7-14(10)2)12-6-4-3-5-11(12)13(16)17/h3-6,10H,7-9H2,1-2H3,(H,16,17). The van der Waals surface area contributed by atoms with E-state index < -0.39 is 5.97 Å². The quantitative estimate of drug-likeness (QED) is 0.842. The normalized spacial score (nSPS) is 21.5. The number of carbonyl (C=O) groups is 1. The summed E-state index contributed by atoms with van der Waals surface area (Å²) in [5.41, 5.74) is 1.23. The molecule has 1 aromatic rings. The highest BCUT2D eigenvalue weighted by atomic mass is 16.4. The molecule has 0 aliphatic carbocycles. The summed E-state index contributed by atoms with van der Waals surface area (Å²) >= 11 is 0. The van der Waals surface area contributed by atoms with E-state index in [1.165, 1.54) is 0 Å². The van der Waals surface area contributed by atoms with Crippen LogP contribution in [0.4, 0.5) is 5.69 Å². The molecule has 1 heterocycles. The van der Waals surface area contributed by atoms with Crippen molar-refractivity contribution in [3.05, 3.63) is 29.8 Å². The van der Waals surface area contributed by atoms with Gasteiger partial charge in [-0.25, -0.2) is 4.79 Å². The number of piperazine rings is 1. The van der Waals surface area contributed by atoms with E-state index in [-0.39, 0.29) is 0 Å². The Morgan fingerprint density at radius 3 is 2.71 bits per heavy atom. The molecule has 1 aliphatic heterocycles. The van der Waals surface area contributed by atoms with Gasteiger partial charge in [0.05, 0.1) is 11.3 Å². The maximum absolute atomic E-state index is 11.2. The molecule has 1 saturated heterocycles.